The minimum atomic E-state index is -0.100. The Morgan fingerprint density at radius 3 is 2.34 bits per heavy atom. The summed E-state index contributed by atoms with van der Waals surface area (Å²) in [6, 6.07) is 9.37. The van der Waals surface area contributed by atoms with E-state index in [4.69, 9.17) is 4.74 Å². The third-order valence-electron chi connectivity index (χ3n) is 5.09. The fourth-order valence-corrected chi connectivity index (χ4v) is 3.50. The molecule has 170 valence electrons. The Morgan fingerprint density at radius 1 is 1.06 bits per heavy atom. The molecule has 0 saturated carbocycles. The number of nitrogens with zero attached hydrogens (tertiary/aromatic N) is 5. The zero-order chi connectivity index (χ0) is 23.3. The van der Waals surface area contributed by atoms with Crippen molar-refractivity contribution in [1.82, 2.24) is 24.6 Å². The number of aromatic nitrogens is 4. The van der Waals surface area contributed by atoms with E-state index in [0.29, 0.717) is 12.6 Å². The first kappa shape index (κ1) is 23.4. The number of amides is 1. The van der Waals surface area contributed by atoms with Crippen molar-refractivity contribution in [3.8, 4) is 11.7 Å². The summed E-state index contributed by atoms with van der Waals surface area (Å²) in [4.78, 5) is 23.8. The van der Waals surface area contributed by atoms with Gasteiger partial charge in [-0.15, -0.1) is 0 Å². The molecule has 8 nitrogen and oxygen atoms in total. The van der Waals surface area contributed by atoms with E-state index in [1.165, 1.54) is 0 Å². The highest BCUT2D eigenvalue weighted by Crippen LogP contribution is 2.19. The maximum absolute atomic E-state index is 12.7. The van der Waals surface area contributed by atoms with Crippen molar-refractivity contribution in [3.05, 3.63) is 58.7 Å². The van der Waals surface area contributed by atoms with E-state index in [2.05, 4.69) is 25.3 Å². The quantitative estimate of drug-likeness (QED) is 0.518. The smallest absolute Gasteiger partial charge is 0.251 e. The molecule has 1 amide bonds. The number of anilines is 1. The minimum absolute atomic E-state index is 0.100. The fraction of sp³-hybridized carbons (Fsp3) is 0.417. The molecule has 0 aliphatic heterocycles. The van der Waals surface area contributed by atoms with Crippen LogP contribution < -0.4 is 10.1 Å². The van der Waals surface area contributed by atoms with Gasteiger partial charge in [0.15, 0.2) is 0 Å². The average molecular weight is 437 g/mol. The Kier molecular flexibility index (Phi) is 7.58. The number of benzene rings is 1. The van der Waals surface area contributed by atoms with Gasteiger partial charge in [0.1, 0.15) is 5.75 Å². The monoisotopic (exact) mass is 436 g/mol. The van der Waals surface area contributed by atoms with Gasteiger partial charge in [0.05, 0.1) is 18.7 Å². The molecule has 0 aliphatic carbocycles. The molecular formula is C24H32N6O2. The standard InChI is InChI=1S/C24H32N6O2/c1-16-14-17(2)26-24(25-16)30-19(4)22(18(3)28-30)15-23(31)27-20-8-10-21(11-9-20)32-13-7-12-29(5)6/h8-11,14H,7,12-13,15H2,1-6H3,(H,27,31). The third-order valence-corrected chi connectivity index (χ3v) is 5.09. The lowest BCUT2D eigenvalue weighted by Gasteiger charge is -2.11. The van der Waals surface area contributed by atoms with Crippen LogP contribution in [-0.2, 0) is 11.2 Å². The molecule has 3 rings (SSSR count). The first-order valence-corrected chi connectivity index (χ1v) is 10.8. The molecule has 1 N–H and O–H groups in total. The molecule has 0 unspecified atom stereocenters. The summed E-state index contributed by atoms with van der Waals surface area (Å²) in [6.07, 6.45) is 1.19. The topological polar surface area (TPSA) is 85.2 Å². The largest absolute Gasteiger partial charge is 0.494 e. The van der Waals surface area contributed by atoms with E-state index in [1.54, 1.807) is 4.68 Å². The fourth-order valence-electron chi connectivity index (χ4n) is 3.50. The summed E-state index contributed by atoms with van der Waals surface area (Å²) in [6.45, 7) is 9.34. The highest BCUT2D eigenvalue weighted by Gasteiger charge is 2.18. The van der Waals surface area contributed by atoms with E-state index >= 15 is 0 Å². The number of rotatable bonds is 9. The van der Waals surface area contributed by atoms with Gasteiger partial charge in [0.25, 0.3) is 5.95 Å². The zero-order valence-corrected chi connectivity index (χ0v) is 19.8. The van der Waals surface area contributed by atoms with Crippen LogP contribution in [0, 0.1) is 27.7 Å². The lowest BCUT2D eigenvalue weighted by molar-refractivity contribution is -0.115. The normalized spacial score (nSPS) is 11.1. The van der Waals surface area contributed by atoms with Crippen LogP contribution in [0.3, 0.4) is 0 Å². The molecule has 2 heterocycles. The van der Waals surface area contributed by atoms with Gasteiger partial charge in [-0.2, -0.15) is 5.10 Å². The summed E-state index contributed by atoms with van der Waals surface area (Å²) < 4.78 is 7.45. The maximum Gasteiger partial charge on any atom is 0.251 e. The SMILES string of the molecule is Cc1cc(C)nc(-n2nc(C)c(CC(=O)Nc3ccc(OCCCN(C)C)cc3)c2C)n1. The molecule has 1 aromatic carbocycles. The van der Waals surface area contributed by atoms with Crippen molar-refractivity contribution in [2.45, 2.75) is 40.5 Å². The van der Waals surface area contributed by atoms with Crippen LogP contribution in [0.5, 0.6) is 5.75 Å². The summed E-state index contributed by atoms with van der Waals surface area (Å²) in [5.41, 5.74) is 5.03. The first-order valence-electron chi connectivity index (χ1n) is 10.8. The van der Waals surface area contributed by atoms with Crippen LogP contribution >= 0.6 is 0 Å². The molecule has 0 aliphatic rings. The van der Waals surface area contributed by atoms with Crippen molar-refractivity contribution in [2.75, 3.05) is 32.6 Å². The Labute approximate surface area is 189 Å². The van der Waals surface area contributed by atoms with Gasteiger partial charge in [-0.3, -0.25) is 4.79 Å². The molecule has 0 saturated heterocycles. The van der Waals surface area contributed by atoms with Gasteiger partial charge in [0.2, 0.25) is 5.91 Å². The lowest BCUT2D eigenvalue weighted by atomic mass is 10.1. The second-order valence-corrected chi connectivity index (χ2v) is 8.27. The number of nitrogens with one attached hydrogen (secondary N) is 1. The van der Waals surface area contributed by atoms with Crippen molar-refractivity contribution in [1.29, 1.82) is 0 Å². The van der Waals surface area contributed by atoms with Crippen LogP contribution in [0.2, 0.25) is 0 Å². The number of hydrogen-bond donors (Lipinski definition) is 1. The molecule has 0 radical (unpaired) electrons. The molecule has 0 fully saturated rings. The van der Waals surface area contributed by atoms with Crippen LogP contribution in [0.4, 0.5) is 5.69 Å². The van der Waals surface area contributed by atoms with Gasteiger partial charge in [-0.05, 0) is 78.5 Å². The van der Waals surface area contributed by atoms with Gasteiger partial charge >= 0.3 is 0 Å². The Balaban J connectivity index is 1.62. The Morgan fingerprint density at radius 2 is 1.72 bits per heavy atom. The lowest BCUT2D eigenvalue weighted by Crippen LogP contribution is -2.16. The Bertz CT molecular complexity index is 1050. The van der Waals surface area contributed by atoms with Crippen LogP contribution in [0.15, 0.2) is 30.3 Å². The molecule has 3 aromatic rings. The van der Waals surface area contributed by atoms with Crippen molar-refractivity contribution < 1.29 is 9.53 Å². The molecule has 0 bridgehead atoms. The van der Waals surface area contributed by atoms with E-state index in [9.17, 15) is 4.79 Å². The van der Waals surface area contributed by atoms with Gasteiger partial charge in [-0.25, -0.2) is 14.6 Å². The molecular weight excluding hydrogens is 404 g/mol. The number of ether oxygens (including phenoxy) is 1. The Hall–Kier alpha value is -3.26. The van der Waals surface area contributed by atoms with Gasteiger partial charge < -0.3 is 15.0 Å². The van der Waals surface area contributed by atoms with Gasteiger partial charge in [0, 0.05) is 34.9 Å². The highest BCUT2D eigenvalue weighted by molar-refractivity contribution is 5.92. The molecule has 2 aromatic heterocycles. The number of carbonyl (C=O) groups is 1. The number of aryl methyl sites for hydroxylation is 3. The van der Waals surface area contributed by atoms with E-state index in [1.807, 2.05) is 72.1 Å². The summed E-state index contributed by atoms with van der Waals surface area (Å²) >= 11 is 0. The third kappa shape index (κ3) is 6.13. The van der Waals surface area contributed by atoms with E-state index in [-0.39, 0.29) is 12.3 Å². The highest BCUT2D eigenvalue weighted by atomic mass is 16.5. The minimum Gasteiger partial charge on any atom is -0.494 e. The van der Waals surface area contributed by atoms with Crippen LogP contribution in [0.1, 0.15) is 34.8 Å². The predicted molar refractivity (Wildman–Crippen MR) is 126 cm³/mol. The second-order valence-electron chi connectivity index (χ2n) is 8.27. The van der Waals surface area contributed by atoms with Crippen LogP contribution in [0.25, 0.3) is 5.95 Å². The van der Waals surface area contributed by atoms with E-state index in [0.717, 1.165) is 52.7 Å². The maximum atomic E-state index is 12.7. The number of hydrogen-bond acceptors (Lipinski definition) is 6. The first-order chi connectivity index (χ1) is 15.2. The summed E-state index contributed by atoms with van der Waals surface area (Å²) in [5, 5.41) is 7.52. The molecule has 8 heteroatoms. The number of carbonyl (C=O) groups excluding carboxylic acids is 1. The van der Waals surface area contributed by atoms with Gasteiger partial charge in [-0.1, -0.05) is 0 Å². The molecule has 0 spiro atoms. The average Bonchev–Trinajstić information content (AvgIpc) is 3.00. The van der Waals surface area contributed by atoms with Crippen molar-refractivity contribution >= 4 is 11.6 Å². The zero-order valence-electron chi connectivity index (χ0n) is 19.8. The molecule has 0 atom stereocenters. The van der Waals surface area contributed by atoms with E-state index < -0.39 is 0 Å². The second kappa shape index (κ2) is 10.4. The van der Waals surface area contributed by atoms with Crippen molar-refractivity contribution in [3.63, 3.8) is 0 Å². The summed E-state index contributed by atoms with van der Waals surface area (Å²) in [7, 11) is 4.09. The van der Waals surface area contributed by atoms with Crippen LogP contribution in [-0.4, -0.2) is 57.8 Å². The summed E-state index contributed by atoms with van der Waals surface area (Å²) in [5.74, 6) is 1.22. The predicted octanol–water partition coefficient (Wildman–Crippen LogP) is 3.41. The molecule has 32 heavy (non-hydrogen) atoms. The van der Waals surface area contributed by atoms with Crippen molar-refractivity contribution in [2.24, 2.45) is 0 Å².